The van der Waals surface area contributed by atoms with Crippen molar-refractivity contribution in [1.82, 2.24) is 0 Å². The number of carbonyl (C=O) groups excluding carboxylic acids is 1. The molecule has 1 aromatic carbocycles. The molecule has 5 heteroatoms. The van der Waals surface area contributed by atoms with Crippen molar-refractivity contribution in [3.8, 4) is 0 Å². The zero-order chi connectivity index (χ0) is 16.8. The molecule has 0 unspecified atom stereocenters. The summed E-state index contributed by atoms with van der Waals surface area (Å²) < 4.78 is 0. The van der Waals surface area contributed by atoms with Crippen LogP contribution >= 0.6 is 0 Å². The van der Waals surface area contributed by atoms with E-state index in [1.807, 2.05) is 6.07 Å². The highest BCUT2D eigenvalue weighted by molar-refractivity contribution is 5.77. The summed E-state index contributed by atoms with van der Waals surface area (Å²) in [7, 11) is 0. The number of anilines is 1. The minimum Gasteiger partial charge on any atom is -0.368 e. The van der Waals surface area contributed by atoms with E-state index >= 15 is 0 Å². The molecule has 0 radical (unpaired) electrons. The monoisotopic (exact) mass is 318 g/mol. The number of hydrogen-bond acceptors (Lipinski definition) is 4. The average molecular weight is 318 g/mol. The van der Waals surface area contributed by atoms with Gasteiger partial charge in [0.25, 0.3) is 5.69 Å². The van der Waals surface area contributed by atoms with Crippen molar-refractivity contribution in [2.75, 3.05) is 11.4 Å². The normalized spacial score (nSPS) is 17.0. The van der Waals surface area contributed by atoms with Gasteiger partial charge >= 0.3 is 0 Å². The Morgan fingerprint density at radius 1 is 1.35 bits per heavy atom. The summed E-state index contributed by atoms with van der Waals surface area (Å²) in [5.74, 6) is 0.207. The molecule has 0 spiro atoms. The number of nitrogens with zero attached hydrogens (tertiary/aromatic N) is 2. The van der Waals surface area contributed by atoms with Crippen LogP contribution in [-0.2, 0) is 11.2 Å². The molecule has 0 N–H and O–H groups in total. The van der Waals surface area contributed by atoms with Crippen molar-refractivity contribution in [3.05, 3.63) is 33.9 Å². The number of non-ortho nitro benzene ring substituents is 1. The molecule has 0 bridgehead atoms. The minimum atomic E-state index is -0.340. The lowest BCUT2D eigenvalue weighted by Gasteiger charge is -2.38. The maximum Gasteiger partial charge on any atom is 0.269 e. The number of ketones is 1. The lowest BCUT2D eigenvalue weighted by Crippen LogP contribution is -2.41. The Balaban J connectivity index is 2.20. The Morgan fingerprint density at radius 3 is 2.78 bits per heavy atom. The highest BCUT2D eigenvalue weighted by atomic mass is 16.6. The van der Waals surface area contributed by atoms with Gasteiger partial charge in [-0.1, -0.05) is 26.2 Å². The molecular formula is C18H26N2O3. The summed E-state index contributed by atoms with van der Waals surface area (Å²) in [5.41, 5.74) is 2.26. The third-order valence-electron chi connectivity index (χ3n) is 4.55. The minimum absolute atomic E-state index is 0.153. The second-order valence-electron chi connectivity index (χ2n) is 6.42. The number of rotatable bonds is 8. The van der Waals surface area contributed by atoms with Crippen LogP contribution in [0.25, 0.3) is 0 Å². The van der Waals surface area contributed by atoms with Gasteiger partial charge in [-0.25, -0.2) is 0 Å². The SMILES string of the molecule is CCCCCCN1c2ccc([N+](=O)[O-])cc2CC[C@H]1CC(C)=O. The number of benzene rings is 1. The van der Waals surface area contributed by atoms with E-state index < -0.39 is 0 Å². The van der Waals surface area contributed by atoms with Gasteiger partial charge in [-0.2, -0.15) is 0 Å². The van der Waals surface area contributed by atoms with E-state index in [4.69, 9.17) is 0 Å². The molecule has 0 aromatic heterocycles. The third-order valence-corrected chi connectivity index (χ3v) is 4.55. The van der Waals surface area contributed by atoms with Crippen LogP contribution in [0.4, 0.5) is 11.4 Å². The van der Waals surface area contributed by atoms with Crippen LogP contribution in [0.2, 0.25) is 0 Å². The number of carbonyl (C=O) groups is 1. The van der Waals surface area contributed by atoms with Crippen molar-refractivity contribution in [3.63, 3.8) is 0 Å². The molecule has 1 aliphatic heterocycles. The van der Waals surface area contributed by atoms with Crippen molar-refractivity contribution in [2.24, 2.45) is 0 Å². The molecule has 23 heavy (non-hydrogen) atoms. The van der Waals surface area contributed by atoms with Crippen LogP contribution in [0.1, 0.15) is 57.9 Å². The van der Waals surface area contributed by atoms with Gasteiger partial charge in [-0.3, -0.25) is 14.9 Å². The number of Topliss-reactive ketones (excluding diaryl/α,β-unsaturated/α-hetero) is 1. The number of nitro groups is 1. The Morgan fingerprint density at radius 2 is 2.13 bits per heavy atom. The zero-order valence-corrected chi connectivity index (χ0v) is 14.1. The molecule has 0 amide bonds. The van der Waals surface area contributed by atoms with Crippen LogP contribution in [0.5, 0.6) is 0 Å². The molecule has 0 fully saturated rings. The quantitative estimate of drug-likeness (QED) is 0.408. The van der Waals surface area contributed by atoms with E-state index in [2.05, 4.69) is 11.8 Å². The maximum atomic E-state index is 11.6. The first-order chi connectivity index (χ1) is 11.0. The van der Waals surface area contributed by atoms with Gasteiger partial charge in [0.2, 0.25) is 0 Å². The summed E-state index contributed by atoms with van der Waals surface area (Å²) in [4.78, 5) is 24.5. The molecule has 126 valence electrons. The van der Waals surface area contributed by atoms with E-state index in [1.54, 1.807) is 19.1 Å². The predicted octanol–water partition coefficient (Wildman–Crippen LogP) is 4.28. The number of aryl methyl sites for hydroxylation is 1. The lowest BCUT2D eigenvalue weighted by molar-refractivity contribution is -0.384. The average Bonchev–Trinajstić information content (AvgIpc) is 2.51. The second kappa shape index (κ2) is 8.09. The number of hydrogen-bond donors (Lipinski definition) is 0. The molecule has 2 rings (SSSR count). The standard InChI is InChI=1S/C18H26N2O3/c1-3-4-5-6-11-19-16(12-14(2)21)8-7-15-13-17(20(22)23)9-10-18(15)19/h9-10,13,16H,3-8,11-12H2,1-2H3/t16-/m0/s1. The van der Waals surface area contributed by atoms with Crippen molar-refractivity contribution in [1.29, 1.82) is 0 Å². The fraction of sp³-hybridized carbons (Fsp3) is 0.611. The summed E-state index contributed by atoms with van der Waals surface area (Å²) in [6.07, 6.45) is 6.95. The van der Waals surface area contributed by atoms with Crippen LogP contribution < -0.4 is 4.90 Å². The van der Waals surface area contributed by atoms with Crippen LogP contribution in [0.15, 0.2) is 18.2 Å². The van der Waals surface area contributed by atoms with Gasteiger partial charge in [0.05, 0.1) is 4.92 Å². The molecule has 5 nitrogen and oxygen atoms in total. The van der Waals surface area contributed by atoms with Gasteiger partial charge < -0.3 is 4.90 Å². The summed E-state index contributed by atoms with van der Waals surface area (Å²) in [5, 5.41) is 11.0. The Labute approximate surface area is 137 Å². The summed E-state index contributed by atoms with van der Waals surface area (Å²) in [6.45, 7) is 4.75. The largest absolute Gasteiger partial charge is 0.368 e. The summed E-state index contributed by atoms with van der Waals surface area (Å²) in [6, 6.07) is 5.36. The topological polar surface area (TPSA) is 63.4 Å². The Kier molecular flexibility index (Phi) is 6.13. The summed E-state index contributed by atoms with van der Waals surface area (Å²) >= 11 is 0. The molecule has 1 heterocycles. The molecule has 1 aliphatic rings. The van der Waals surface area contributed by atoms with E-state index in [0.29, 0.717) is 6.42 Å². The molecule has 1 atom stereocenters. The van der Waals surface area contributed by atoms with Crippen LogP contribution in [0.3, 0.4) is 0 Å². The molecule has 1 aromatic rings. The molecule has 0 saturated heterocycles. The Bertz CT molecular complexity index is 571. The Hall–Kier alpha value is -1.91. The number of nitro benzene ring substituents is 1. The smallest absolute Gasteiger partial charge is 0.269 e. The van der Waals surface area contributed by atoms with E-state index in [-0.39, 0.29) is 22.4 Å². The molecule has 0 aliphatic carbocycles. The first-order valence-electron chi connectivity index (χ1n) is 8.56. The lowest BCUT2D eigenvalue weighted by atomic mass is 9.92. The van der Waals surface area contributed by atoms with E-state index in [1.165, 1.54) is 19.3 Å². The van der Waals surface area contributed by atoms with Crippen molar-refractivity contribution >= 4 is 17.2 Å². The van der Waals surface area contributed by atoms with Gasteiger partial charge in [0.1, 0.15) is 5.78 Å². The number of unbranched alkanes of at least 4 members (excludes halogenated alkanes) is 3. The second-order valence-corrected chi connectivity index (χ2v) is 6.42. The highest BCUT2D eigenvalue weighted by Gasteiger charge is 2.28. The van der Waals surface area contributed by atoms with Gasteiger partial charge in [-0.05, 0) is 37.8 Å². The van der Waals surface area contributed by atoms with E-state index in [9.17, 15) is 14.9 Å². The fourth-order valence-corrected chi connectivity index (χ4v) is 3.40. The van der Waals surface area contributed by atoms with Crippen molar-refractivity contribution in [2.45, 2.75) is 64.8 Å². The van der Waals surface area contributed by atoms with Gasteiger partial charge in [0.15, 0.2) is 0 Å². The maximum absolute atomic E-state index is 11.6. The fourth-order valence-electron chi connectivity index (χ4n) is 3.40. The van der Waals surface area contributed by atoms with Crippen LogP contribution in [0, 0.1) is 10.1 Å². The zero-order valence-electron chi connectivity index (χ0n) is 14.1. The first kappa shape index (κ1) is 17.4. The first-order valence-corrected chi connectivity index (χ1v) is 8.56. The highest BCUT2D eigenvalue weighted by Crippen LogP contribution is 2.34. The third kappa shape index (κ3) is 4.53. The van der Waals surface area contributed by atoms with Crippen LogP contribution in [-0.4, -0.2) is 23.3 Å². The predicted molar refractivity (Wildman–Crippen MR) is 92.0 cm³/mol. The number of fused-ring (bicyclic) bond motifs is 1. The van der Waals surface area contributed by atoms with Crippen molar-refractivity contribution < 1.29 is 9.72 Å². The molecule has 0 saturated carbocycles. The van der Waals surface area contributed by atoms with Gasteiger partial charge in [0, 0.05) is 36.8 Å². The van der Waals surface area contributed by atoms with E-state index in [0.717, 1.165) is 37.1 Å². The molecular weight excluding hydrogens is 292 g/mol. The van der Waals surface area contributed by atoms with Gasteiger partial charge in [-0.15, -0.1) is 0 Å².